The zero-order valence-corrected chi connectivity index (χ0v) is 5.33. The standard InChI is InChI=1S/C5H2F6O/c6-3(7)1-2(12-1)4(8,9)5(3,10)11/h1-2H. The third-order valence-corrected chi connectivity index (χ3v) is 2.04. The smallest absolute Gasteiger partial charge is 0.356 e. The fourth-order valence-corrected chi connectivity index (χ4v) is 1.24. The van der Waals surface area contributed by atoms with Crippen molar-refractivity contribution >= 4 is 0 Å². The van der Waals surface area contributed by atoms with E-state index in [1.807, 2.05) is 0 Å². The number of hydrogen-bond donors (Lipinski definition) is 0. The van der Waals surface area contributed by atoms with Crippen LogP contribution in [0.4, 0.5) is 26.3 Å². The highest BCUT2D eigenvalue weighted by Gasteiger charge is 2.92. The second-order valence-electron chi connectivity index (χ2n) is 2.80. The minimum atomic E-state index is -5.28. The van der Waals surface area contributed by atoms with Crippen LogP contribution in [-0.2, 0) is 4.74 Å². The van der Waals surface area contributed by atoms with Crippen LogP contribution in [0, 0.1) is 0 Å². The van der Waals surface area contributed by atoms with E-state index in [0.717, 1.165) is 0 Å². The first-order valence-corrected chi connectivity index (χ1v) is 3.02. The number of ether oxygens (including phenoxy) is 1. The van der Waals surface area contributed by atoms with Gasteiger partial charge < -0.3 is 4.74 Å². The van der Waals surface area contributed by atoms with Gasteiger partial charge in [0.25, 0.3) is 0 Å². The highest BCUT2D eigenvalue weighted by atomic mass is 19.3. The van der Waals surface area contributed by atoms with Crippen LogP contribution in [-0.4, -0.2) is 30.0 Å². The van der Waals surface area contributed by atoms with Crippen molar-refractivity contribution in [2.75, 3.05) is 0 Å². The molecule has 1 aliphatic heterocycles. The minimum Gasteiger partial charge on any atom is -0.356 e. The van der Waals surface area contributed by atoms with Gasteiger partial charge in [-0.3, -0.25) is 0 Å². The molecule has 0 bridgehead atoms. The summed E-state index contributed by atoms with van der Waals surface area (Å²) in [7, 11) is 0. The lowest BCUT2D eigenvalue weighted by molar-refractivity contribution is -0.303. The maximum Gasteiger partial charge on any atom is 0.377 e. The second kappa shape index (κ2) is 1.59. The molecule has 2 atom stereocenters. The Morgan fingerprint density at radius 2 is 1.08 bits per heavy atom. The van der Waals surface area contributed by atoms with E-state index in [0.29, 0.717) is 0 Å². The molecule has 2 unspecified atom stereocenters. The summed E-state index contributed by atoms with van der Waals surface area (Å²) in [6.07, 6.45) is -4.63. The summed E-state index contributed by atoms with van der Waals surface area (Å²) in [6, 6.07) is 0. The molecule has 1 aliphatic carbocycles. The average Bonchev–Trinajstić information content (AvgIpc) is 2.60. The molecule has 0 aromatic rings. The Labute approximate surface area is 62.3 Å². The quantitative estimate of drug-likeness (QED) is 0.420. The molecule has 7 heteroatoms. The molecule has 0 N–H and O–H groups in total. The van der Waals surface area contributed by atoms with Crippen molar-refractivity contribution in [2.45, 2.75) is 30.0 Å². The molecule has 0 spiro atoms. The number of halogens is 6. The predicted molar refractivity (Wildman–Crippen MR) is 23.5 cm³/mol. The lowest BCUT2D eigenvalue weighted by atomic mass is 10.2. The Morgan fingerprint density at radius 3 is 1.25 bits per heavy atom. The van der Waals surface area contributed by atoms with E-state index in [1.165, 1.54) is 0 Å². The Morgan fingerprint density at radius 1 is 0.750 bits per heavy atom. The third kappa shape index (κ3) is 0.551. The van der Waals surface area contributed by atoms with Crippen LogP contribution in [0.5, 0.6) is 0 Å². The molecule has 0 amide bonds. The fraction of sp³-hybridized carbons (Fsp3) is 1.00. The lowest BCUT2D eigenvalue weighted by Gasteiger charge is -2.25. The van der Waals surface area contributed by atoms with Gasteiger partial charge in [-0.2, -0.15) is 26.3 Å². The zero-order valence-electron chi connectivity index (χ0n) is 5.33. The van der Waals surface area contributed by atoms with Gasteiger partial charge >= 0.3 is 17.8 Å². The van der Waals surface area contributed by atoms with Crippen LogP contribution in [0.3, 0.4) is 0 Å². The first kappa shape index (κ1) is 8.15. The highest BCUT2D eigenvalue weighted by molar-refractivity contribution is 5.22. The van der Waals surface area contributed by atoms with Crippen molar-refractivity contribution in [1.82, 2.24) is 0 Å². The first-order chi connectivity index (χ1) is 5.23. The Kier molecular flexibility index (Phi) is 1.08. The first-order valence-electron chi connectivity index (χ1n) is 3.02. The summed E-state index contributed by atoms with van der Waals surface area (Å²) in [5, 5.41) is 0. The molecule has 2 rings (SSSR count). The van der Waals surface area contributed by atoms with Crippen LogP contribution in [0.2, 0.25) is 0 Å². The van der Waals surface area contributed by atoms with Crippen LogP contribution in [0.15, 0.2) is 0 Å². The van der Waals surface area contributed by atoms with Gasteiger partial charge in [0.1, 0.15) is 0 Å². The van der Waals surface area contributed by atoms with E-state index in [-0.39, 0.29) is 0 Å². The molecule has 1 nitrogen and oxygen atoms in total. The van der Waals surface area contributed by atoms with Crippen molar-refractivity contribution in [3.8, 4) is 0 Å². The Hall–Kier alpha value is -0.460. The predicted octanol–water partition coefficient (Wildman–Crippen LogP) is 1.67. The third-order valence-electron chi connectivity index (χ3n) is 2.04. The molecular weight excluding hydrogens is 190 g/mol. The van der Waals surface area contributed by atoms with Gasteiger partial charge in [0.05, 0.1) is 0 Å². The Balaban J connectivity index is 2.45. The molecule has 2 fully saturated rings. The molecule has 0 aromatic carbocycles. The number of epoxide rings is 1. The normalized spacial score (nSPS) is 45.5. The monoisotopic (exact) mass is 192 g/mol. The van der Waals surface area contributed by atoms with Gasteiger partial charge in [-0.1, -0.05) is 0 Å². The van der Waals surface area contributed by atoms with Crippen molar-refractivity contribution in [1.29, 1.82) is 0 Å². The fourth-order valence-electron chi connectivity index (χ4n) is 1.24. The van der Waals surface area contributed by atoms with Crippen molar-refractivity contribution in [3.05, 3.63) is 0 Å². The van der Waals surface area contributed by atoms with Gasteiger partial charge in [-0.25, -0.2) is 0 Å². The molecule has 2 aliphatic rings. The Bertz CT molecular complexity index is 214. The van der Waals surface area contributed by atoms with E-state index >= 15 is 0 Å². The number of fused-ring (bicyclic) bond motifs is 1. The van der Waals surface area contributed by atoms with Crippen molar-refractivity contribution in [2.24, 2.45) is 0 Å². The van der Waals surface area contributed by atoms with E-state index in [9.17, 15) is 26.3 Å². The van der Waals surface area contributed by atoms with Gasteiger partial charge in [0.15, 0.2) is 12.2 Å². The summed E-state index contributed by atoms with van der Waals surface area (Å²) in [5.74, 6) is -14.8. The number of hydrogen-bond acceptors (Lipinski definition) is 1. The summed E-state index contributed by atoms with van der Waals surface area (Å²) in [5.41, 5.74) is 0. The molecule has 0 radical (unpaired) electrons. The van der Waals surface area contributed by atoms with E-state index < -0.39 is 30.0 Å². The summed E-state index contributed by atoms with van der Waals surface area (Å²) < 4.78 is 77.3. The van der Waals surface area contributed by atoms with Crippen LogP contribution >= 0.6 is 0 Å². The lowest BCUT2D eigenvalue weighted by Crippen LogP contribution is -2.51. The molecular formula is C5H2F6O. The molecule has 70 valence electrons. The summed E-state index contributed by atoms with van der Waals surface area (Å²) >= 11 is 0. The highest BCUT2D eigenvalue weighted by Crippen LogP contribution is 2.64. The maximum absolute atomic E-state index is 12.3. The molecule has 0 aromatic heterocycles. The van der Waals surface area contributed by atoms with E-state index in [4.69, 9.17) is 0 Å². The van der Waals surface area contributed by atoms with Crippen LogP contribution < -0.4 is 0 Å². The van der Waals surface area contributed by atoms with Gasteiger partial charge in [0, 0.05) is 0 Å². The molecule has 1 saturated carbocycles. The van der Waals surface area contributed by atoms with Gasteiger partial charge in [0.2, 0.25) is 0 Å². The number of rotatable bonds is 0. The van der Waals surface area contributed by atoms with Crippen LogP contribution in [0.25, 0.3) is 0 Å². The average molecular weight is 192 g/mol. The second-order valence-corrected chi connectivity index (χ2v) is 2.80. The SMILES string of the molecule is FC1(F)C2OC2C(F)(F)C1(F)F. The molecule has 1 saturated heterocycles. The van der Waals surface area contributed by atoms with Gasteiger partial charge in [-0.05, 0) is 0 Å². The van der Waals surface area contributed by atoms with E-state index in [2.05, 4.69) is 4.74 Å². The largest absolute Gasteiger partial charge is 0.377 e. The zero-order chi connectivity index (χ0) is 9.36. The topological polar surface area (TPSA) is 12.5 Å². The number of alkyl halides is 6. The maximum atomic E-state index is 12.3. The van der Waals surface area contributed by atoms with Gasteiger partial charge in [-0.15, -0.1) is 0 Å². The molecule has 1 heterocycles. The summed E-state index contributed by atoms with van der Waals surface area (Å²) in [6.45, 7) is 0. The summed E-state index contributed by atoms with van der Waals surface area (Å²) in [4.78, 5) is 0. The van der Waals surface area contributed by atoms with Crippen molar-refractivity contribution < 1.29 is 31.1 Å². The minimum absolute atomic E-state index is 2.32. The molecule has 12 heavy (non-hydrogen) atoms. The van der Waals surface area contributed by atoms with Crippen LogP contribution in [0.1, 0.15) is 0 Å². The van der Waals surface area contributed by atoms with E-state index in [1.54, 1.807) is 0 Å². The van der Waals surface area contributed by atoms with Crippen molar-refractivity contribution in [3.63, 3.8) is 0 Å².